The first kappa shape index (κ1) is 33.5. The molecule has 2 atom stereocenters. The van der Waals surface area contributed by atoms with Gasteiger partial charge in [-0.3, -0.25) is 25.2 Å². The Labute approximate surface area is 258 Å². The summed E-state index contributed by atoms with van der Waals surface area (Å²) in [5.41, 5.74) is 15.1. The van der Waals surface area contributed by atoms with Crippen molar-refractivity contribution in [1.82, 2.24) is 10.6 Å². The summed E-state index contributed by atoms with van der Waals surface area (Å²) in [7, 11) is 0. The van der Waals surface area contributed by atoms with Gasteiger partial charge in [-0.2, -0.15) is 0 Å². The Bertz CT molecular complexity index is 1410. The molecule has 0 aliphatic heterocycles. The summed E-state index contributed by atoms with van der Waals surface area (Å²) < 4.78 is 0. The highest BCUT2D eigenvalue weighted by Gasteiger charge is 2.33. The number of carbonyl (C=O) groups is 3. The van der Waals surface area contributed by atoms with Gasteiger partial charge in [-0.25, -0.2) is 0 Å². The molecule has 10 nitrogen and oxygen atoms in total. The average Bonchev–Trinajstić information content (AvgIpc) is 3.02. The molecule has 232 valence electrons. The fourth-order valence-corrected chi connectivity index (χ4v) is 5.32. The molecule has 9 N–H and O–H groups in total. The summed E-state index contributed by atoms with van der Waals surface area (Å²) >= 11 is 0. The second kappa shape index (κ2) is 16.6. The van der Waals surface area contributed by atoms with Gasteiger partial charge in [0.05, 0.1) is 5.92 Å². The van der Waals surface area contributed by atoms with Crippen LogP contribution in [0.2, 0.25) is 0 Å². The zero-order chi connectivity index (χ0) is 32.1. The molecule has 0 bridgehead atoms. The van der Waals surface area contributed by atoms with Gasteiger partial charge in [-0.05, 0) is 41.9 Å². The number of hydrogen-bond acceptors (Lipinski definition) is 5. The maximum absolute atomic E-state index is 13.9. The molecule has 4 rings (SSSR count). The van der Waals surface area contributed by atoms with Crippen LogP contribution in [0, 0.1) is 16.7 Å². The zero-order valence-electron chi connectivity index (χ0n) is 25.0. The maximum Gasteiger partial charge on any atom is 0.300 e. The lowest BCUT2D eigenvalue weighted by Gasteiger charge is -2.31. The van der Waals surface area contributed by atoms with Gasteiger partial charge >= 0.3 is 0 Å². The molecule has 44 heavy (non-hydrogen) atoms. The average molecular weight is 599 g/mol. The van der Waals surface area contributed by atoms with Gasteiger partial charge in [0.25, 0.3) is 5.97 Å². The van der Waals surface area contributed by atoms with Gasteiger partial charge in [0.2, 0.25) is 11.8 Å². The Morgan fingerprint density at radius 1 is 0.795 bits per heavy atom. The molecule has 0 spiro atoms. The summed E-state index contributed by atoms with van der Waals surface area (Å²) in [6, 6.07) is 23.6. The van der Waals surface area contributed by atoms with Crippen molar-refractivity contribution in [2.24, 2.45) is 17.4 Å². The molecular weight excluding hydrogens is 556 g/mol. The van der Waals surface area contributed by atoms with E-state index in [1.54, 1.807) is 24.3 Å². The number of rotatable bonds is 11. The number of aliphatic carboxylic acids is 1. The number of benzene rings is 3. The molecule has 1 aliphatic rings. The normalized spacial score (nSPS) is 14.2. The number of amidine groups is 2. The third-order valence-electron chi connectivity index (χ3n) is 7.66. The first-order valence-electron chi connectivity index (χ1n) is 14.7. The Balaban J connectivity index is 0.00000124. The Morgan fingerprint density at radius 3 is 1.80 bits per heavy atom. The van der Waals surface area contributed by atoms with Crippen LogP contribution in [0.25, 0.3) is 0 Å². The number of carboxylic acid groups (broad SMARTS) is 1. The second-order valence-corrected chi connectivity index (χ2v) is 11.0. The Hall–Kier alpha value is -4.99. The molecule has 1 fully saturated rings. The van der Waals surface area contributed by atoms with Crippen LogP contribution in [-0.4, -0.2) is 40.6 Å². The Kier molecular flexibility index (Phi) is 12.6. The molecule has 2 amide bonds. The number of nitrogen functional groups attached to an aromatic ring is 2. The van der Waals surface area contributed by atoms with Crippen LogP contribution in [0.1, 0.15) is 72.8 Å². The molecule has 3 aromatic carbocycles. The predicted octanol–water partition coefficient (Wildman–Crippen LogP) is 4.05. The quantitative estimate of drug-likeness (QED) is 0.128. The van der Waals surface area contributed by atoms with Gasteiger partial charge < -0.3 is 27.2 Å². The van der Waals surface area contributed by atoms with Gasteiger partial charge in [-0.15, -0.1) is 0 Å². The van der Waals surface area contributed by atoms with Crippen LogP contribution >= 0.6 is 0 Å². The summed E-state index contributed by atoms with van der Waals surface area (Å²) in [6.45, 7) is 1.40. The van der Waals surface area contributed by atoms with Crippen molar-refractivity contribution in [2.75, 3.05) is 0 Å². The van der Waals surface area contributed by atoms with Crippen molar-refractivity contribution in [1.29, 1.82) is 10.8 Å². The first-order valence-corrected chi connectivity index (χ1v) is 14.7. The molecular formula is C34H42N6O4. The number of carboxylic acids is 1. The monoisotopic (exact) mass is 598 g/mol. The number of nitrogens with two attached hydrogens (primary N) is 2. The number of nitrogens with one attached hydrogen (secondary N) is 4. The third-order valence-corrected chi connectivity index (χ3v) is 7.66. The van der Waals surface area contributed by atoms with Gasteiger partial charge in [0.1, 0.15) is 17.7 Å². The SMILES string of the molecule is CC(=O)O.N=C(N)c1ccc(CNC(=O)[C@@H](NC(=O)[C@H](Cc2ccc(C(=N)N)cc2)c2ccccc2)C2CCCCC2)cc1. The van der Waals surface area contributed by atoms with Crippen molar-refractivity contribution >= 4 is 29.5 Å². The van der Waals surface area contributed by atoms with E-state index in [0.29, 0.717) is 24.1 Å². The molecule has 0 unspecified atom stereocenters. The molecule has 0 aromatic heterocycles. The van der Waals surface area contributed by atoms with E-state index in [1.165, 1.54) is 0 Å². The van der Waals surface area contributed by atoms with Crippen molar-refractivity contribution in [2.45, 2.75) is 64.0 Å². The summed E-state index contributed by atoms with van der Waals surface area (Å²) in [5, 5.41) is 28.8. The largest absolute Gasteiger partial charge is 0.481 e. The molecule has 0 saturated heterocycles. The lowest BCUT2D eigenvalue weighted by molar-refractivity contribution is -0.134. The van der Waals surface area contributed by atoms with E-state index >= 15 is 0 Å². The minimum absolute atomic E-state index is 0.0000315. The highest BCUT2D eigenvalue weighted by atomic mass is 16.4. The minimum Gasteiger partial charge on any atom is -0.481 e. The van der Waals surface area contributed by atoms with Crippen LogP contribution in [0.15, 0.2) is 78.9 Å². The predicted molar refractivity (Wildman–Crippen MR) is 171 cm³/mol. The second-order valence-electron chi connectivity index (χ2n) is 11.0. The molecule has 0 heterocycles. The van der Waals surface area contributed by atoms with E-state index in [4.69, 9.17) is 32.2 Å². The van der Waals surface area contributed by atoms with Gasteiger partial charge in [0.15, 0.2) is 0 Å². The van der Waals surface area contributed by atoms with E-state index in [1.807, 2.05) is 54.6 Å². The van der Waals surface area contributed by atoms with Crippen molar-refractivity contribution in [3.05, 3.63) is 107 Å². The van der Waals surface area contributed by atoms with Crippen molar-refractivity contribution in [3.8, 4) is 0 Å². The van der Waals surface area contributed by atoms with Crippen LogP contribution < -0.4 is 22.1 Å². The summed E-state index contributed by atoms with van der Waals surface area (Å²) in [4.78, 5) is 36.4. The number of amides is 2. The molecule has 0 radical (unpaired) electrons. The molecule has 10 heteroatoms. The van der Waals surface area contributed by atoms with E-state index in [0.717, 1.165) is 55.7 Å². The minimum atomic E-state index is -0.833. The fourth-order valence-electron chi connectivity index (χ4n) is 5.32. The molecule has 1 saturated carbocycles. The van der Waals surface area contributed by atoms with Crippen molar-refractivity contribution in [3.63, 3.8) is 0 Å². The van der Waals surface area contributed by atoms with E-state index in [2.05, 4.69) is 10.6 Å². The fraction of sp³-hybridized carbons (Fsp3) is 0.324. The molecule has 3 aromatic rings. The van der Waals surface area contributed by atoms with Crippen molar-refractivity contribution < 1.29 is 19.5 Å². The molecule has 1 aliphatic carbocycles. The van der Waals surface area contributed by atoms with Crippen LogP contribution in [0.3, 0.4) is 0 Å². The lowest BCUT2D eigenvalue weighted by atomic mass is 9.82. The number of hydrogen-bond donors (Lipinski definition) is 7. The highest BCUT2D eigenvalue weighted by molar-refractivity contribution is 5.95. The Morgan fingerprint density at radius 2 is 1.30 bits per heavy atom. The highest BCUT2D eigenvalue weighted by Crippen LogP contribution is 2.28. The zero-order valence-corrected chi connectivity index (χ0v) is 25.0. The first-order chi connectivity index (χ1) is 21.0. The smallest absolute Gasteiger partial charge is 0.300 e. The standard InChI is InChI=1S/C32H38N6O2.C2H4O2/c33-29(34)25-15-11-21(12-16-25)19-27(23-7-3-1-4-8-23)31(39)38-28(24-9-5-2-6-10-24)32(40)37-20-22-13-17-26(18-14-22)30(35)36;1-2(3)4/h1,3-4,7-8,11-18,24,27-28H,2,5-6,9-10,19-20H2,(H3,33,34)(H3,35,36)(H,37,40)(H,38,39);1H3,(H,3,4)/t27-,28+;/m1./s1. The van der Waals surface area contributed by atoms with Crippen LogP contribution in [0.5, 0.6) is 0 Å². The van der Waals surface area contributed by atoms with Crippen LogP contribution in [0.4, 0.5) is 0 Å². The third kappa shape index (κ3) is 10.4. The van der Waals surface area contributed by atoms with E-state index < -0.39 is 17.9 Å². The lowest BCUT2D eigenvalue weighted by Crippen LogP contribution is -2.52. The summed E-state index contributed by atoms with van der Waals surface area (Å²) in [6.07, 6.45) is 5.48. The van der Waals surface area contributed by atoms with E-state index in [9.17, 15) is 9.59 Å². The summed E-state index contributed by atoms with van der Waals surface area (Å²) in [5.74, 6) is -1.61. The van der Waals surface area contributed by atoms with Gasteiger partial charge in [0, 0.05) is 24.6 Å². The van der Waals surface area contributed by atoms with E-state index in [-0.39, 0.29) is 29.4 Å². The maximum atomic E-state index is 13.9. The number of carbonyl (C=O) groups excluding carboxylic acids is 2. The van der Waals surface area contributed by atoms with Crippen LogP contribution in [-0.2, 0) is 27.3 Å². The topological polar surface area (TPSA) is 195 Å². The van der Waals surface area contributed by atoms with Gasteiger partial charge in [-0.1, -0.05) is 98.1 Å².